The van der Waals surface area contributed by atoms with Crippen LogP contribution in [0, 0.1) is 6.92 Å². The number of para-hydroxylation sites is 1. The van der Waals surface area contributed by atoms with Crippen molar-refractivity contribution < 1.29 is 4.74 Å². The third-order valence-corrected chi connectivity index (χ3v) is 3.58. The molecule has 2 rings (SSSR count). The molecule has 0 amide bonds. The van der Waals surface area contributed by atoms with Crippen molar-refractivity contribution in [3.63, 3.8) is 0 Å². The molecule has 1 aromatic heterocycles. The first kappa shape index (κ1) is 12.1. The first-order valence-corrected chi connectivity index (χ1v) is 6.31. The highest BCUT2D eigenvalue weighted by molar-refractivity contribution is 7.12. The lowest BCUT2D eigenvalue weighted by atomic mass is 10.2. The minimum absolute atomic E-state index is 0.0360. The van der Waals surface area contributed by atoms with Gasteiger partial charge in [-0.3, -0.25) is 5.84 Å². The van der Waals surface area contributed by atoms with Crippen molar-refractivity contribution in [3.8, 4) is 5.75 Å². The van der Waals surface area contributed by atoms with Gasteiger partial charge in [-0.2, -0.15) is 0 Å². The average molecular weight is 248 g/mol. The van der Waals surface area contributed by atoms with Crippen LogP contribution in [0.1, 0.15) is 15.8 Å². The minimum atomic E-state index is 0.0360. The number of nitrogens with two attached hydrogens (primary N) is 1. The molecule has 1 atom stereocenters. The molecule has 4 heteroatoms. The van der Waals surface area contributed by atoms with Gasteiger partial charge in [-0.1, -0.05) is 18.2 Å². The summed E-state index contributed by atoms with van der Waals surface area (Å²) in [7, 11) is 0. The molecule has 0 fully saturated rings. The smallest absolute Gasteiger partial charge is 0.119 e. The quantitative estimate of drug-likeness (QED) is 0.631. The zero-order valence-corrected chi connectivity index (χ0v) is 10.5. The number of hydrogen-bond acceptors (Lipinski definition) is 4. The van der Waals surface area contributed by atoms with Crippen molar-refractivity contribution in [2.75, 3.05) is 6.61 Å². The normalized spacial score (nSPS) is 12.4. The fraction of sp³-hybridized carbons (Fsp3) is 0.231. The second kappa shape index (κ2) is 5.82. The lowest BCUT2D eigenvalue weighted by Crippen LogP contribution is -2.31. The summed E-state index contributed by atoms with van der Waals surface area (Å²) < 4.78 is 5.69. The van der Waals surface area contributed by atoms with Gasteiger partial charge in [0.05, 0.1) is 6.04 Å². The Kier molecular flexibility index (Phi) is 4.14. The molecule has 1 aromatic carbocycles. The second-order valence-electron chi connectivity index (χ2n) is 3.79. The monoisotopic (exact) mass is 248 g/mol. The Balaban J connectivity index is 1.97. The molecule has 0 saturated heterocycles. The Morgan fingerprint density at radius 2 is 2.00 bits per heavy atom. The van der Waals surface area contributed by atoms with Crippen LogP contribution >= 0.6 is 11.3 Å². The van der Waals surface area contributed by atoms with E-state index in [1.165, 1.54) is 9.75 Å². The molecule has 3 N–H and O–H groups in total. The summed E-state index contributed by atoms with van der Waals surface area (Å²) in [6.07, 6.45) is 0. The van der Waals surface area contributed by atoms with Crippen molar-refractivity contribution in [1.29, 1.82) is 0 Å². The number of ether oxygens (including phenoxy) is 1. The predicted molar refractivity (Wildman–Crippen MR) is 71.1 cm³/mol. The van der Waals surface area contributed by atoms with Crippen molar-refractivity contribution >= 4 is 11.3 Å². The standard InChI is InChI=1S/C13H16N2OS/c1-10-7-8-13(17-10)12(15-14)9-16-11-5-3-2-4-6-11/h2-8,12,15H,9,14H2,1H3. The van der Waals surface area contributed by atoms with Gasteiger partial charge in [0.15, 0.2) is 0 Å². The molecule has 17 heavy (non-hydrogen) atoms. The van der Waals surface area contributed by atoms with Gasteiger partial charge < -0.3 is 4.74 Å². The number of hydrazine groups is 1. The fourth-order valence-corrected chi connectivity index (χ4v) is 2.47. The van der Waals surface area contributed by atoms with E-state index in [1.807, 2.05) is 30.3 Å². The Morgan fingerprint density at radius 1 is 1.24 bits per heavy atom. The zero-order valence-electron chi connectivity index (χ0n) is 9.72. The van der Waals surface area contributed by atoms with Gasteiger partial charge in [-0.15, -0.1) is 11.3 Å². The molecule has 0 aliphatic carbocycles. The summed E-state index contributed by atoms with van der Waals surface area (Å²) in [6.45, 7) is 2.61. The molecule has 0 aliphatic heterocycles. The third kappa shape index (κ3) is 3.30. The second-order valence-corrected chi connectivity index (χ2v) is 5.11. The summed E-state index contributed by atoms with van der Waals surface area (Å²) in [4.78, 5) is 2.47. The van der Waals surface area contributed by atoms with E-state index in [0.29, 0.717) is 6.61 Å². The molecule has 90 valence electrons. The van der Waals surface area contributed by atoms with E-state index in [4.69, 9.17) is 10.6 Å². The van der Waals surface area contributed by atoms with Crippen LogP contribution in [0.25, 0.3) is 0 Å². The summed E-state index contributed by atoms with van der Waals surface area (Å²) in [5.74, 6) is 6.42. The van der Waals surface area contributed by atoms with Gasteiger partial charge in [0, 0.05) is 9.75 Å². The summed E-state index contributed by atoms with van der Waals surface area (Å²) in [6, 6.07) is 14.0. The van der Waals surface area contributed by atoms with E-state index in [0.717, 1.165) is 5.75 Å². The highest BCUT2D eigenvalue weighted by atomic mass is 32.1. The third-order valence-electron chi connectivity index (χ3n) is 2.47. The molecule has 0 saturated carbocycles. The van der Waals surface area contributed by atoms with Crippen LogP contribution in [0.5, 0.6) is 5.75 Å². The Hall–Kier alpha value is -1.36. The van der Waals surface area contributed by atoms with E-state index in [2.05, 4.69) is 24.5 Å². The number of nitrogens with one attached hydrogen (secondary N) is 1. The Morgan fingerprint density at radius 3 is 2.59 bits per heavy atom. The maximum atomic E-state index is 5.69. The van der Waals surface area contributed by atoms with E-state index in [9.17, 15) is 0 Å². The van der Waals surface area contributed by atoms with Crippen molar-refractivity contribution in [3.05, 3.63) is 52.2 Å². The fourth-order valence-electron chi connectivity index (χ4n) is 1.55. The van der Waals surface area contributed by atoms with Crippen LogP contribution in [0.4, 0.5) is 0 Å². The Bertz CT molecular complexity index is 455. The van der Waals surface area contributed by atoms with E-state index in [1.54, 1.807) is 11.3 Å². The molecule has 0 aliphatic rings. The number of rotatable bonds is 5. The van der Waals surface area contributed by atoms with Crippen molar-refractivity contribution in [2.24, 2.45) is 5.84 Å². The molecule has 0 radical (unpaired) electrons. The highest BCUT2D eigenvalue weighted by Crippen LogP contribution is 2.23. The van der Waals surface area contributed by atoms with Crippen LogP contribution in [-0.4, -0.2) is 6.61 Å². The van der Waals surface area contributed by atoms with Crippen LogP contribution in [0.3, 0.4) is 0 Å². The van der Waals surface area contributed by atoms with Crippen LogP contribution in [0.2, 0.25) is 0 Å². The molecule has 0 bridgehead atoms. The van der Waals surface area contributed by atoms with E-state index in [-0.39, 0.29) is 6.04 Å². The first-order valence-electron chi connectivity index (χ1n) is 5.50. The molecule has 1 heterocycles. The van der Waals surface area contributed by atoms with Crippen molar-refractivity contribution in [2.45, 2.75) is 13.0 Å². The number of thiophene rings is 1. The highest BCUT2D eigenvalue weighted by Gasteiger charge is 2.12. The maximum absolute atomic E-state index is 5.69. The van der Waals surface area contributed by atoms with Crippen molar-refractivity contribution in [1.82, 2.24) is 5.43 Å². The largest absolute Gasteiger partial charge is 0.492 e. The van der Waals surface area contributed by atoms with Crippen LogP contribution in [-0.2, 0) is 0 Å². The number of hydrogen-bond donors (Lipinski definition) is 2. The van der Waals surface area contributed by atoms with Gasteiger partial charge in [0.2, 0.25) is 0 Å². The van der Waals surface area contributed by atoms with Crippen LogP contribution in [0.15, 0.2) is 42.5 Å². The predicted octanol–water partition coefficient (Wildman–Crippen LogP) is 2.64. The van der Waals surface area contributed by atoms with E-state index < -0.39 is 0 Å². The van der Waals surface area contributed by atoms with Gasteiger partial charge in [0.1, 0.15) is 12.4 Å². The number of benzene rings is 1. The first-order chi connectivity index (χ1) is 8.29. The molecule has 1 unspecified atom stereocenters. The lowest BCUT2D eigenvalue weighted by molar-refractivity contribution is 0.269. The molecule has 2 aromatic rings. The molecule has 0 spiro atoms. The van der Waals surface area contributed by atoms with Gasteiger partial charge in [0.25, 0.3) is 0 Å². The molecular formula is C13H16N2OS. The summed E-state index contributed by atoms with van der Waals surface area (Å²) in [5, 5.41) is 0. The molecule has 3 nitrogen and oxygen atoms in total. The SMILES string of the molecule is Cc1ccc(C(COc2ccccc2)NN)s1. The topological polar surface area (TPSA) is 47.3 Å². The lowest BCUT2D eigenvalue weighted by Gasteiger charge is -2.15. The zero-order chi connectivity index (χ0) is 12.1. The molecular weight excluding hydrogens is 232 g/mol. The van der Waals surface area contributed by atoms with Gasteiger partial charge in [-0.25, -0.2) is 5.43 Å². The van der Waals surface area contributed by atoms with Crippen LogP contribution < -0.4 is 16.0 Å². The maximum Gasteiger partial charge on any atom is 0.119 e. The Labute approximate surface area is 105 Å². The summed E-state index contributed by atoms with van der Waals surface area (Å²) >= 11 is 1.73. The average Bonchev–Trinajstić information content (AvgIpc) is 2.78. The number of aryl methyl sites for hydroxylation is 1. The van der Waals surface area contributed by atoms with E-state index >= 15 is 0 Å². The minimum Gasteiger partial charge on any atom is -0.492 e. The summed E-state index contributed by atoms with van der Waals surface area (Å²) in [5.41, 5.74) is 2.79. The van der Waals surface area contributed by atoms with Gasteiger partial charge in [-0.05, 0) is 31.2 Å². The van der Waals surface area contributed by atoms with Gasteiger partial charge >= 0.3 is 0 Å².